The third-order valence-corrected chi connectivity index (χ3v) is 4.09. The fraction of sp³-hybridized carbons (Fsp3) is 0.333. The Kier molecular flexibility index (Phi) is 4.09. The highest BCUT2D eigenvalue weighted by atomic mass is 16.1. The van der Waals surface area contributed by atoms with Crippen LogP contribution in [-0.2, 0) is 0 Å². The Hall–Kier alpha value is -2.36. The average molecular weight is 295 g/mol. The second kappa shape index (κ2) is 6.18. The van der Waals surface area contributed by atoms with Crippen LogP contribution in [-0.4, -0.2) is 24.0 Å². The van der Waals surface area contributed by atoms with Crippen molar-refractivity contribution < 1.29 is 4.79 Å². The van der Waals surface area contributed by atoms with Crippen molar-refractivity contribution in [2.24, 2.45) is 0 Å². The third-order valence-electron chi connectivity index (χ3n) is 4.09. The summed E-state index contributed by atoms with van der Waals surface area (Å²) in [5, 5.41) is 2.97. The number of anilines is 2. The van der Waals surface area contributed by atoms with Gasteiger partial charge in [0.25, 0.3) is 5.91 Å². The van der Waals surface area contributed by atoms with Crippen LogP contribution in [0.4, 0.5) is 11.4 Å². The van der Waals surface area contributed by atoms with E-state index in [1.807, 2.05) is 44.2 Å². The summed E-state index contributed by atoms with van der Waals surface area (Å²) in [7, 11) is 0. The van der Waals surface area contributed by atoms with Gasteiger partial charge < -0.3 is 10.2 Å². The highest BCUT2D eigenvalue weighted by molar-refractivity contribution is 6.03. The molecule has 0 aliphatic carbocycles. The monoisotopic (exact) mass is 295 g/mol. The van der Waals surface area contributed by atoms with E-state index in [-0.39, 0.29) is 5.91 Å². The van der Waals surface area contributed by atoms with Crippen molar-refractivity contribution in [1.29, 1.82) is 0 Å². The minimum absolute atomic E-state index is 0.158. The molecule has 0 spiro atoms. The Morgan fingerprint density at radius 3 is 2.68 bits per heavy atom. The lowest BCUT2D eigenvalue weighted by molar-refractivity contribution is 0.102. The molecule has 1 saturated heterocycles. The number of nitrogens with one attached hydrogen (secondary N) is 1. The predicted molar refractivity (Wildman–Crippen MR) is 89.6 cm³/mol. The molecule has 4 heteroatoms. The van der Waals surface area contributed by atoms with Gasteiger partial charge in [0.2, 0.25) is 0 Å². The van der Waals surface area contributed by atoms with Gasteiger partial charge in [0, 0.05) is 30.7 Å². The molecule has 22 heavy (non-hydrogen) atoms. The lowest BCUT2D eigenvalue weighted by Gasteiger charge is -2.18. The highest BCUT2D eigenvalue weighted by Gasteiger charge is 2.15. The van der Waals surface area contributed by atoms with Gasteiger partial charge >= 0.3 is 0 Å². The van der Waals surface area contributed by atoms with Crippen LogP contribution in [0, 0.1) is 13.8 Å². The molecule has 1 fully saturated rings. The van der Waals surface area contributed by atoms with Crippen LogP contribution < -0.4 is 10.2 Å². The van der Waals surface area contributed by atoms with Crippen LogP contribution in [0.1, 0.15) is 34.5 Å². The zero-order chi connectivity index (χ0) is 15.5. The molecule has 3 rings (SSSR count). The number of nitrogens with zero attached hydrogens (tertiary/aromatic N) is 2. The second-order valence-electron chi connectivity index (χ2n) is 5.87. The van der Waals surface area contributed by atoms with Gasteiger partial charge in [-0.1, -0.05) is 12.1 Å². The quantitative estimate of drug-likeness (QED) is 0.942. The number of aromatic nitrogens is 1. The summed E-state index contributed by atoms with van der Waals surface area (Å²) in [6.07, 6.45) is 4.14. The summed E-state index contributed by atoms with van der Waals surface area (Å²) < 4.78 is 0. The minimum atomic E-state index is -0.158. The Morgan fingerprint density at radius 2 is 1.91 bits per heavy atom. The van der Waals surface area contributed by atoms with Crippen molar-refractivity contribution in [3.05, 3.63) is 53.3 Å². The molecule has 1 aromatic heterocycles. The number of carbonyl (C=O) groups is 1. The number of benzene rings is 1. The van der Waals surface area contributed by atoms with E-state index in [1.165, 1.54) is 12.8 Å². The minimum Gasteiger partial charge on any atom is -0.371 e. The molecular weight excluding hydrogens is 274 g/mol. The van der Waals surface area contributed by atoms with Gasteiger partial charge in [-0.25, -0.2) is 0 Å². The lowest BCUT2D eigenvalue weighted by Crippen LogP contribution is -2.20. The molecule has 2 heterocycles. The predicted octanol–water partition coefficient (Wildman–Crippen LogP) is 3.55. The van der Waals surface area contributed by atoms with E-state index >= 15 is 0 Å². The summed E-state index contributed by atoms with van der Waals surface area (Å²) in [6.45, 7) is 6.12. The van der Waals surface area contributed by atoms with E-state index in [4.69, 9.17) is 0 Å². The Morgan fingerprint density at radius 1 is 1.14 bits per heavy atom. The molecule has 4 nitrogen and oxygen atoms in total. The first-order chi connectivity index (χ1) is 10.6. The molecule has 0 saturated carbocycles. The molecule has 1 aliphatic rings. The van der Waals surface area contributed by atoms with Crippen LogP contribution in [0.3, 0.4) is 0 Å². The maximum absolute atomic E-state index is 12.5. The highest BCUT2D eigenvalue weighted by Crippen LogP contribution is 2.21. The fourth-order valence-electron chi connectivity index (χ4n) is 2.77. The lowest BCUT2D eigenvalue weighted by atomic mass is 10.1. The van der Waals surface area contributed by atoms with E-state index in [0.717, 1.165) is 35.6 Å². The number of carbonyl (C=O) groups excluding carboxylic acids is 1. The largest absolute Gasteiger partial charge is 0.371 e. The first kappa shape index (κ1) is 14.6. The molecule has 0 atom stereocenters. The molecule has 0 bridgehead atoms. The van der Waals surface area contributed by atoms with Crippen LogP contribution in [0.5, 0.6) is 0 Å². The summed E-state index contributed by atoms with van der Waals surface area (Å²) in [6, 6.07) is 9.89. The van der Waals surface area contributed by atoms with Crippen molar-refractivity contribution in [2.75, 3.05) is 23.3 Å². The summed E-state index contributed by atoms with van der Waals surface area (Å²) in [4.78, 5) is 19.0. The second-order valence-corrected chi connectivity index (χ2v) is 5.87. The van der Waals surface area contributed by atoms with E-state index in [9.17, 15) is 4.79 Å². The summed E-state index contributed by atoms with van der Waals surface area (Å²) in [5.74, 6) is -0.158. The first-order valence-electron chi connectivity index (χ1n) is 7.73. The molecule has 114 valence electrons. The molecule has 1 aromatic carbocycles. The van der Waals surface area contributed by atoms with Gasteiger partial charge in [0.15, 0.2) is 0 Å². The Balaban J connectivity index is 1.80. The van der Waals surface area contributed by atoms with Crippen LogP contribution in [0.15, 0.2) is 36.5 Å². The smallest absolute Gasteiger partial charge is 0.274 e. The maximum Gasteiger partial charge on any atom is 0.274 e. The zero-order valence-corrected chi connectivity index (χ0v) is 13.1. The number of pyridine rings is 1. The molecular formula is C18H21N3O. The van der Waals surface area contributed by atoms with Gasteiger partial charge in [-0.05, 0) is 56.0 Å². The average Bonchev–Trinajstić information content (AvgIpc) is 3.05. The Labute approximate surface area is 131 Å². The van der Waals surface area contributed by atoms with Crippen molar-refractivity contribution in [3.63, 3.8) is 0 Å². The van der Waals surface area contributed by atoms with Gasteiger partial charge in [0.05, 0.1) is 0 Å². The van der Waals surface area contributed by atoms with Crippen LogP contribution in [0.2, 0.25) is 0 Å². The number of amides is 1. The van der Waals surface area contributed by atoms with Gasteiger partial charge in [-0.2, -0.15) is 0 Å². The summed E-state index contributed by atoms with van der Waals surface area (Å²) in [5.41, 5.74) is 4.57. The van der Waals surface area contributed by atoms with Gasteiger partial charge in [-0.15, -0.1) is 0 Å². The number of rotatable bonds is 3. The van der Waals surface area contributed by atoms with Crippen LogP contribution in [0.25, 0.3) is 0 Å². The normalized spacial score (nSPS) is 14.2. The first-order valence-corrected chi connectivity index (χ1v) is 7.73. The summed E-state index contributed by atoms with van der Waals surface area (Å²) >= 11 is 0. The van der Waals surface area contributed by atoms with Gasteiger partial charge in [-0.3, -0.25) is 9.78 Å². The number of hydrogen-bond donors (Lipinski definition) is 1. The number of aryl methyl sites for hydroxylation is 2. The molecule has 1 N–H and O–H groups in total. The van der Waals surface area contributed by atoms with Crippen molar-refractivity contribution >= 4 is 17.3 Å². The fourth-order valence-corrected chi connectivity index (χ4v) is 2.77. The number of hydrogen-bond acceptors (Lipinski definition) is 3. The van der Waals surface area contributed by atoms with E-state index < -0.39 is 0 Å². The molecule has 2 aromatic rings. The van der Waals surface area contributed by atoms with E-state index in [2.05, 4.69) is 15.2 Å². The molecule has 0 radical (unpaired) electrons. The topological polar surface area (TPSA) is 45.2 Å². The molecule has 0 unspecified atom stereocenters. The molecule has 1 amide bonds. The molecule has 1 aliphatic heterocycles. The van der Waals surface area contributed by atoms with Gasteiger partial charge in [0.1, 0.15) is 5.69 Å². The van der Waals surface area contributed by atoms with Crippen molar-refractivity contribution in [2.45, 2.75) is 26.7 Å². The Bertz CT molecular complexity index is 690. The SMILES string of the molecule is Cc1ccc(C)c(NC(=O)c2cc(N3CCCC3)ccn2)c1. The zero-order valence-electron chi connectivity index (χ0n) is 13.1. The van der Waals surface area contributed by atoms with Crippen molar-refractivity contribution in [1.82, 2.24) is 4.98 Å². The van der Waals surface area contributed by atoms with E-state index in [0.29, 0.717) is 5.69 Å². The standard InChI is InChI=1S/C18H21N3O/c1-13-5-6-14(2)16(11-13)20-18(22)17-12-15(7-8-19-17)21-9-3-4-10-21/h5-8,11-12H,3-4,9-10H2,1-2H3,(H,20,22). The van der Waals surface area contributed by atoms with Crippen LogP contribution >= 0.6 is 0 Å². The van der Waals surface area contributed by atoms with Crippen molar-refractivity contribution in [3.8, 4) is 0 Å². The third kappa shape index (κ3) is 3.11. The van der Waals surface area contributed by atoms with E-state index in [1.54, 1.807) is 6.20 Å². The maximum atomic E-state index is 12.5.